The van der Waals surface area contributed by atoms with Gasteiger partial charge in [-0.05, 0) is 26.3 Å². The summed E-state index contributed by atoms with van der Waals surface area (Å²) in [6.45, 7) is 8.42. The SMILES string of the molecule is CCN1CCOC(CNC(=O)C2(C)CCCC2N)C1. The molecule has 0 bridgehead atoms. The van der Waals surface area contributed by atoms with E-state index in [1.807, 2.05) is 6.92 Å². The minimum absolute atomic E-state index is 0.00749. The average Bonchev–Trinajstić information content (AvgIpc) is 2.77. The number of likely N-dealkylation sites (N-methyl/N-ethyl adjacent to an activating group) is 1. The van der Waals surface area contributed by atoms with Gasteiger partial charge in [-0.25, -0.2) is 0 Å². The Morgan fingerprint density at radius 1 is 1.58 bits per heavy atom. The molecule has 3 N–H and O–H groups in total. The molecule has 3 atom stereocenters. The quantitative estimate of drug-likeness (QED) is 0.772. The molecule has 5 heteroatoms. The summed E-state index contributed by atoms with van der Waals surface area (Å²) in [5.74, 6) is 0.0923. The average molecular weight is 269 g/mol. The van der Waals surface area contributed by atoms with Gasteiger partial charge in [0.1, 0.15) is 0 Å². The Bertz CT molecular complexity index is 324. The summed E-state index contributed by atoms with van der Waals surface area (Å²) in [4.78, 5) is 14.7. The van der Waals surface area contributed by atoms with Gasteiger partial charge < -0.3 is 15.8 Å². The van der Waals surface area contributed by atoms with E-state index in [-0.39, 0.29) is 23.5 Å². The van der Waals surface area contributed by atoms with Gasteiger partial charge in [0, 0.05) is 25.7 Å². The summed E-state index contributed by atoms with van der Waals surface area (Å²) < 4.78 is 5.70. The number of nitrogens with zero attached hydrogens (tertiary/aromatic N) is 1. The minimum atomic E-state index is -0.390. The number of nitrogens with one attached hydrogen (secondary N) is 1. The first-order valence-corrected chi connectivity index (χ1v) is 7.44. The Hall–Kier alpha value is -0.650. The second kappa shape index (κ2) is 6.20. The van der Waals surface area contributed by atoms with Crippen molar-refractivity contribution >= 4 is 5.91 Å². The largest absolute Gasteiger partial charge is 0.374 e. The van der Waals surface area contributed by atoms with Crippen molar-refractivity contribution in [2.45, 2.75) is 45.3 Å². The predicted molar refractivity (Wildman–Crippen MR) is 74.8 cm³/mol. The number of hydrogen-bond donors (Lipinski definition) is 2. The highest BCUT2D eigenvalue weighted by atomic mass is 16.5. The zero-order valence-corrected chi connectivity index (χ0v) is 12.2. The number of carbonyl (C=O) groups is 1. The first kappa shape index (κ1) is 14.8. The van der Waals surface area contributed by atoms with E-state index in [9.17, 15) is 4.79 Å². The van der Waals surface area contributed by atoms with Crippen molar-refractivity contribution in [3.05, 3.63) is 0 Å². The van der Waals surface area contributed by atoms with Crippen LogP contribution in [0.15, 0.2) is 0 Å². The topological polar surface area (TPSA) is 67.6 Å². The van der Waals surface area contributed by atoms with Crippen molar-refractivity contribution in [3.8, 4) is 0 Å². The molecule has 2 rings (SSSR count). The number of ether oxygens (including phenoxy) is 1. The molecular weight excluding hydrogens is 242 g/mol. The number of amides is 1. The molecule has 3 unspecified atom stereocenters. The highest BCUT2D eigenvalue weighted by molar-refractivity contribution is 5.83. The molecule has 1 amide bonds. The number of carbonyl (C=O) groups excluding carboxylic acids is 1. The Balaban J connectivity index is 1.80. The maximum absolute atomic E-state index is 12.3. The number of nitrogens with two attached hydrogens (primary N) is 1. The highest BCUT2D eigenvalue weighted by Gasteiger charge is 2.42. The van der Waals surface area contributed by atoms with Gasteiger partial charge >= 0.3 is 0 Å². The molecule has 110 valence electrons. The Morgan fingerprint density at radius 3 is 3.00 bits per heavy atom. The summed E-state index contributed by atoms with van der Waals surface area (Å²) >= 11 is 0. The fourth-order valence-corrected chi connectivity index (χ4v) is 3.07. The lowest BCUT2D eigenvalue weighted by Crippen LogP contribution is -2.52. The lowest BCUT2D eigenvalue weighted by Gasteiger charge is -2.33. The van der Waals surface area contributed by atoms with Gasteiger partial charge in [0.2, 0.25) is 5.91 Å². The first-order valence-electron chi connectivity index (χ1n) is 7.44. The number of rotatable bonds is 4. The third kappa shape index (κ3) is 3.27. The Labute approximate surface area is 115 Å². The maximum Gasteiger partial charge on any atom is 0.227 e. The van der Waals surface area contributed by atoms with Crippen LogP contribution in [0.4, 0.5) is 0 Å². The van der Waals surface area contributed by atoms with Gasteiger partial charge in [0.05, 0.1) is 18.1 Å². The Morgan fingerprint density at radius 2 is 2.37 bits per heavy atom. The maximum atomic E-state index is 12.3. The van der Waals surface area contributed by atoms with Crippen LogP contribution in [0.25, 0.3) is 0 Å². The molecule has 2 aliphatic rings. The fourth-order valence-electron chi connectivity index (χ4n) is 3.07. The predicted octanol–water partition coefficient (Wildman–Crippen LogP) is 0.341. The van der Waals surface area contributed by atoms with Crippen LogP contribution < -0.4 is 11.1 Å². The zero-order valence-electron chi connectivity index (χ0n) is 12.2. The van der Waals surface area contributed by atoms with Crippen LogP contribution in [0.2, 0.25) is 0 Å². The van der Waals surface area contributed by atoms with E-state index in [4.69, 9.17) is 10.5 Å². The first-order chi connectivity index (χ1) is 9.06. The van der Waals surface area contributed by atoms with Gasteiger partial charge in [0.25, 0.3) is 0 Å². The van der Waals surface area contributed by atoms with Crippen LogP contribution in [0.1, 0.15) is 33.1 Å². The van der Waals surface area contributed by atoms with Crippen molar-refractivity contribution in [1.82, 2.24) is 10.2 Å². The summed E-state index contributed by atoms with van der Waals surface area (Å²) in [7, 11) is 0. The van der Waals surface area contributed by atoms with Gasteiger partial charge in [-0.2, -0.15) is 0 Å². The van der Waals surface area contributed by atoms with Crippen molar-refractivity contribution in [3.63, 3.8) is 0 Å². The molecule has 1 heterocycles. The second-order valence-electron chi connectivity index (χ2n) is 6.01. The molecule has 1 saturated carbocycles. The minimum Gasteiger partial charge on any atom is -0.374 e. The molecular formula is C14H27N3O2. The van der Waals surface area contributed by atoms with Crippen molar-refractivity contribution in [2.24, 2.45) is 11.1 Å². The zero-order chi connectivity index (χ0) is 13.9. The molecule has 5 nitrogen and oxygen atoms in total. The molecule has 0 spiro atoms. The van der Waals surface area contributed by atoms with E-state index >= 15 is 0 Å². The van der Waals surface area contributed by atoms with Crippen LogP contribution in [0.3, 0.4) is 0 Å². The van der Waals surface area contributed by atoms with E-state index in [1.165, 1.54) is 0 Å². The van der Waals surface area contributed by atoms with Crippen LogP contribution in [-0.4, -0.2) is 55.7 Å². The van der Waals surface area contributed by atoms with E-state index in [2.05, 4.69) is 17.1 Å². The van der Waals surface area contributed by atoms with Gasteiger partial charge in [-0.15, -0.1) is 0 Å². The van der Waals surface area contributed by atoms with Crippen molar-refractivity contribution < 1.29 is 9.53 Å². The fraction of sp³-hybridized carbons (Fsp3) is 0.929. The van der Waals surface area contributed by atoms with Crippen molar-refractivity contribution in [1.29, 1.82) is 0 Å². The van der Waals surface area contributed by atoms with E-state index in [0.717, 1.165) is 45.5 Å². The molecule has 2 fully saturated rings. The van der Waals surface area contributed by atoms with Gasteiger partial charge in [0.15, 0.2) is 0 Å². The van der Waals surface area contributed by atoms with Gasteiger partial charge in [-0.1, -0.05) is 13.3 Å². The second-order valence-corrected chi connectivity index (χ2v) is 6.01. The summed E-state index contributed by atoms with van der Waals surface area (Å²) in [6, 6.07) is -0.00749. The van der Waals surface area contributed by atoms with E-state index in [1.54, 1.807) is 0 Å². The molecule has 0 radical (unpaired) electrons. The number of morpholine rings is 1. The summed E-state index contributed by atoms with van der Waals surface area (Å²) in [6.07, 6.45) is 3.01. The van der Waals surface area contributed by atoms with Gasteiger partial charge in [-0.3, -0.25) is 9.69 Å². The Kier molecular flexibility index (Phi) is 4.81. The monoisotopic (exact) mass is 269 g/mol. The normalized spacial score (nSPS) is 36.4. The van der Waals surface area contributed by atoms with Crippen molar-refractivity contribution in [2.75, 3.05) is 32.8 Å². The van der Waals surface area contributed by atoms with E-state index in [0.29, 0.717) is 6.54 Å². The molecule has 19 heavy (non-hydrogen) atoms. The summed E-state index contributed by atoms with van der Waals surface area (Å²) in [5, 5.41) is 3.04. The molecule has 1 saturated heterocycles. The molecule has 0 aromatic rings. The molecule has 0 aromatic carbocycles. The van der Waals surface area contributed by atoms with Crippen LogP contribution in [0, 0.1) is 5.41 Å². The lowest BCUT2D eigenvalue weighted by atomic mass is 9.84. The summed E-state index contributed by atoms with van der Waals surface area (Å²) in [5.41, 5.74) is 5.68. The molecule has 1 aliphatic carbocycles. The smallest absolute Gasteiger partial charge is 0.227 e. The highest BCUT2D eigenvalue weighted by Crippen LogP contribution is 2.36. The third-order valence-electron chi connectivity index (χ3n) is 4.71. The molecule has 0 aromatic heterocycles. The van der Waals surface area contributed by atoms with Crippen LogP contribution in [0.5, 0.6) is 0 Å². The molecule has 1 aliphatic heterocycles. The standard InChI is InChI=1S/C14H27N3O2/c1-3-17-7-8-19-11(10-17)9-16-13(18)14(2)6-4-5-12(14)15/h11-12H,3-10,15H2,1-2H3,(H,16,18). The van der Waals surface area contributed by atoms with Crippen LogP contribution >= 0.6 is 0 Å². The van der Waals surface area contributed by atoms with Crippen LogP contribution in [-0.2, 0) is 9.53 Å². The lowest BCUT2D eigenvalue weighted by molar-refractivity contribution is -0.131. The van der Waals surface area contributed by atoms with E-state index < -0.39 is 0 Å². The number of hydrogen-bond acceptors (Lipinski definition) is 4. The third-order valence-corrected chi connectivity index (χ3v) is 4.71.